The second kappa shape index (κ2) is 5.13. The van der Waals surface area contributed by atoms with Gasteiger partial charge in [0.2, 0.25) is 0 Å². The number of hydrogen-bond acceptors (Lipinski definition) is 3. The normalized spacial score (nSPS) is 11.1. The molecule has 0 fully saturated rings. The van der Waals surface area contributed by atoms with E-state index in [-0.39, 0.29) is 62.0 Å². The number of phenolic OH excluding ortho intramolecular Hbond substituents is 1. The summed E-state index contributed by atoms with van der Waals surface area (Å²) in [7, 11) is -4.17. The van der Waals surface area contributed by atoms with Crippen molar-refractivity contribution in [1.29, 1.82) is 0 Å². The van der Waals surface area contributed by atoms with Gasteiger partial charge in [0.1, 0.15) is 5.75 Å². The van der Waals surface area contributed by atoms with E-state index < -0.39 is 10.1 Å². The molecule has 6 heteroatoms. The van der Waals surface area contributed by atoms with Gasteiger partial charge in [-0.1, -0.05) is 12.1 Å². The van der Waals surface area contributed by atoms with Crippen molar-refractivity contribution in [2.75, 3.05) is 0 Å². The van der Waals surface area contributed by atoms with Crippen LogP contribution in [0, 0.1) is 0 Å². The Hall–Kier alpha value is 0.0464. The van der Waals surface area contributed by atoms with Crippen LogP contribution in [0.5, 0.6) is 5.75 Å². The van der Waals surface area contributed by atoms with Crippen molar-refractivity contribution in [3.63, 3.8) is 0 Å². The molecular formula is C10H9KO4S. The zero-order valence-corrected chi connectivity index (χ0v) is 8.40. The molecule has 0 unspecified atom stereocenters. The Morgan fingerprint density at radius 3 is 2.12 bits per heavy atom. The van der Waals surface area contributed by atoms with Gasteiger partial charge in [0.15, 0.2) is 0 Å². The van der Waals surface area contributed by atoms with Crippen LogP contribution in [0.1, 0.15) is 0 Å². The number of hydrogen-bond donors (Lipinski definition) is 2. The Balaban J connectivity index is 0.00000128. The molecule has 80 valence electrons. The van der Waals surface area contributed by atoms with Gasteiger partial charge in [-0.15, -0.1) is 0 Å². The average molecular weight is 264 g/mol. The molecule has 0 amide bonds. The van der Waals surface area contributed by atoms with Crippen LogP contribution in [-0.4, -0.2) is 69.5 Å². The van der Waals surface area contributed by atoms with Crippen LogP contribution in [0.4, 0.5) is 0 Å². The summed E-state index contributed by atoms with van der Waals surface area (Å²) >= 11 is 0. The van der Waals surface area contributed by atoms with Gasteiger partial charge >= 0.3 is 51.4 Å². The van der Waals surface area contributed by atoms with Crippen LogP contribution in [0.15, 0.2) is 41.3 Å². The monoisotopic (exact) mass is 264 g/mol. The number of rotatable bonds is 1. The molecule has 0 heterocycles. The Labute approximate surface area is 135 Å². The molecule has 2 aromatic rings. The van der Waals surface area contributed by atoms with Crippen molar-refractivity contribution < 1.29 is 18.1 Å². The van der Waals surface area contributed by atoms with Crippen molar-refractivity contribution in [1.82, 2.24) is 0 Å². The van der Waals surface area contributed by atoms with Crippen LogP contribution in [0.2, 0.25) is 0 Å². The van der Waals surface area contributed by atoms with Gasteiger partial charge in [-0.3, -0.25) is 4.55 Å². The minimum absolute atomic E-state index is 0. The molecule has 2 aromatic carbocycles. The summed E-state index contributed by atoms with van der Waals surface area (Å²) in [5, 5.41) is 10.5. The molecule has 2 rings (SSSR count). The molecule has 16 heavy (non-hydrogen) atoms. The second-order valence-electron chi connectivity index (χ2n) is 3.17. The van der Waals surface area contributed by atoms with Crippen molar-refractivity contribution in [3.05, 3.63) is 36.4 Å². The van der Waals surface area contributed by atoms with Crippen molar-refractivity contribution >= 4 is 72.3 Å². The quantitative estimate of drug-likeness (QED) is 0.598. The predicted octanol–water partition coefficient (Wildman–Crippen LogP) is 1.14. The van der Waals surface area contributed by atoms with Gasteiger partial charge in [-0.2, -0.15) is 8.42 Å². The first-order chi connectivity index (χ1) is 6.97. The Morgan fingerprint density at radius 2 is 1.50 bits per heavy atom. The standard InChI is InChI=1S/C10H8O4S.K.H/c11-9-3-1-8-6-10(15(12,13)14)4-2-7(8)5-9;;/h1-6,11H,(H,12,13,14);;. The molecule has 0 aliphatic carbocycles. The molecule has 0 aliphatic heterocycles. The number of fused-ring (bicyclic) bond motifs is 1. The summed E-state index contributed by atoms with van der Waals surface area (Å²) < 4.78 is 30.5. The first-order valence-electron chi connectivity index (χ1n) is 4.17. The van der Waals surface area contributed by atoms with E-state index in [1.165, 1.54) is 30.3 Å². The van der Waals surface area contributed by atoms with Gasteiger partial charge < -0.3 is 5.11 Å². The van der Waals surface area contributed by atoms with Gasteiger partial charge in [0.05, 0.1) is 4.90 Å². The topological polar surface area (TPSA) is 74.6 Å². The average Bonchev–Trinajstić information content (AvgIpc) is 2.15. The SMILES string of the molecule is O=S(=O)(O)c1ccc2cc(O)ccc2c1.[KH]. The number of phenols is 1. The van der Waals surface area contributed by atoms with E-state index in [9.17, 15) is 13.5 Å². The number of aromatic hydroxyl groups is 1. The fourth-order valence-electron chi connectivity index (χ4n) is 1.37. The van der Waals surface area contributed by atoms with Crippen LogP contribution >= 0.6 is 0 Å². The summed E-state index contributed by atoms with van der Waals surface area (Å²) in [5.41, 5.74) is 0. The second-order valence-corrected chi connectivity index (χ2v) is 4.59. The maximum atomic E-state index is 10.8. The van der Waals surface area contributed by atoms with E-state index >= 15 is 0 Å². The summed E-state index contributed by atoms with van der Waals surface area (Å²) in [5.74, 6) is 0.113. The van der Waals surface area contributed by atoms with Crippen LogP contribution in [0.25, 0.3) is 10.8 Å². The third kappa shape index (κ3) is 3.04. The summed E-state index contributed by atoms with van der Waals surface area (Å²) in [6.45, 7) is 0. The van der Waals surface area contributed by atoms with Crippen LogP contribution in [0.3, 0.4) is 0 Å². The van der Waals surface area contributed by atoms with Gasteiger partial charge in [0, 0.05) is 0 Å². The molecule has 0 spiro atoms. The van der Waals surface area contributed by atoms with Gasteiger partial charge in [-0.05, 0) is 35.0 Å². The number of benzene rings is 2. The van der Waals surface area contributed by atoms with E-state index in [1.807, 2.05) is 0 Å². The molecular weight excluding hydrogens is 255 g/mol. The van der Waals surface area contributed by atoms with E-state index in [0.717, 1.165) is 0 Å². The summed E-state index contributed by atoms with van der Waals surface area (Å²) in [4.78, 5) is -0.152. The summed E-state index contributed by atoms with van der Waals surface area (Å²) in [6, 6.07) is 8.72. The fraction of sp³-hybridized carbons (Fsp3) is 0. The molecule has 0 bridgehead atoms. The van der Waals surface area contributed by atoms with E-state index in [1.54, 1.807) is 6.07 Å². The molecule has 0 saturated heterocycles. The van der Waals surface area contributed by atoms with E-state index in [4.69, 9.17) is 4.55 Å². The molecule has 0 aromatic heterocycles. The molecule has 2 N–H and O–H groups in total. The Kier molecular flexibility index (Phi) is 4.53. The van der Waals surface area contributed by atoms with E-state index in [0.29, 0.717) is 10.8 Å². The molecule has 4 nitrogen and oxygen atoms in total. The van der Waals surface area contributed by atoms with Crippen LogP contribution < -0.4 is 0 Å². The van der Waals surface area contributed by atoms with Crippen molar-refractivity contribution in [2.24, 2.45) is 0 Å². The fourth-order valence-corrected chi connectivity index (χ4v) is 1.89. The maximum absolute atomic E-state index is 10.8. The molecule has 0 saturated carbocycles. The van der Waals surface area contributed by atoms with Crippen molar-refractivity contribution in [3.8, 4) is 5.75 Å². The molecule has 0 radical (unpaired) electrons. The molecule has 0 atom stereocenters. The zero-order valence-electron chi connectivity index (χ0n) is 7.58. The first kappa shape index (κ1) is 14.1. The van der Waals surface area contributed by atoms with E-state index in [2.05, 4.69) is 0 Å². The zero-order chi connectivity index (χ0) is 11.1. The van der Waals surface area contributed by atoms with Gasteiger partial charge in [0.25, 0.3) is 10.1 Å². The predicted molar refractivity (Wildman–Crippen MR) is 62.6 cm³/mol. The first-order valence-corrected chi connectivity index (χ1v) is 5.61. The summed E-state index contributed by atoms with van der Waals surface area (Å²) in [6.07, 6.45) is 0. The Morgan fingerprint density at radius 1 is 0.938 bits per heavy atom. The molecule has 0 aliphatic rings. The minimum atomic E-state index is -4.17. The Bertz CT molecular complexity index is 622. The van der Waals surface area contributed by atoms with Crippen molar-refractivity contribution in [2.45, 2.75) is 4.90 Å². The van der Waals surface area contributed by atoms with Crippen LogP contribution in [-0.2, 0) is 10.1 Å². The third-order valence-corrected chi connectivity index (χ3v) is 2.94. The third-order valence-electron chi connectivity index (χ3n) is 2.09. The van der Waals surface area contributed by atoms with Gasteiger partial charge in [-0.25, -0.2) is 0 Å².